The second-order valence-corrected chi connectivity index (χ2v) is 6.68. The van der Waals surface area contributed by atoms with Gasteiger partial charge in [0.2, 0.25) is 22.2 Å². The van der Waals surface area contributed by atoms with Gasteiger partial charge >= 0.3 is 0 Å². The SMILES string of the molecule is CCNc1nc(Sc2nnc(N(C)C)s2)nc(N(C)C)n1. The lowest BCUT2D eigenvalue weighted by Crippen LogP contribution is -2.15. The maximum atomic E-state index is 4.42. The molecule has 0 aliphatic rings. The molecule has 2 aromatic rings. The van der Waals surface area contributed by atoms with Crippen molar-refractivity contribution in [1.82, 2.24) is 25.1 Å². The summed E-state index contributed by atoms with van der Waals surface area (Å²) in [5.41, 5.74) is 0. The van der Waals surface area contributed by atoms with Crippen molar-refractivity contribution < 1.29 is 0 Å². The van der Waals surface area contributed by atoms with Gasteiger partial charge in [-0.15, -0.1) is 10.2 Å². The molecule has 0 amide bonds. The van der Waals surface area contributed by atoms with Gasteiger partial charge in [0.25, 0.3) is 0 Å². The molecule has 21 heavy (non-hydrogen) atoms. The molecule has 0 unspecified atom stereocenters. The first-order chi connectivity index (χ1) is 9.99. The van der Waals surface area contributed by atoms with Crippen molar-refractivity contribution in [3.8, 4) is 0 Å². The average molecular weight is 326 g/mol. The van der Waals surface area contributed by atoms with E-state index >= 15 is 0 Å². The maximum Gasteiger partial charge on any atom is 0.230 e. The van der Waals surface area contributed by atoms with Crippen LogP contribution in [0.1, 0.15) is 6.92 Å². The highest BCUT2D eigenvalue weighted by molar-refractivity contribution is 8.00. The Hall–Kier alpha value is -1.68. The molecular formula is C11H18N8S2. The Labute approximate surface area is 132 Å². The Morgan fingerprint density at radius 3 is 2.38 bits per heavy atom. The summed E-state index contributed by atoms with van der Waals surface area (Å²) in [6.07, 6.45) is 0. The largest absolute Gasteiger partial charge is 0.354 e. The molecule has 2 heterocycles. The minimum atomic E-state index is 0.566. The van der Waals surface area contributed by atoms with Gasteiger partial charge in [-0.05, 0) is 18.7 Å². The van der Waals surface area contributed by atoms with E-state index in [9.17, 15) is 0 Å². The molecule has 0 radical (unpaired) electrons. The van der Waals surface area contributed by atoms with E-state index in [4.69, 9.17) is 0 Å². The van der Waals surface area contributed by atoms with E-state index in [1.807, 2.05) is 44.9 Å². The summed E-state index contributed by atoms with van der Waals surface area (Å²) in [5, 5.41) is 12.8. The lowest BCUT2D eigenvalue weighted by molar-refractivity contribution is 0.861. The third-order valence-electron chi connectivity index (χ3n) is 2.29. The van der Waals surface area contributed by atoms with Gasteiger partial charge in [-0.1, -0.05) is 11.3 Å². The molecular weight excluding hydrogens is 308 g/mol. The number of nitrogens with zero attached hydrogens (tertiary/aromatic N) is 7. The number of hydrogen-bond acceptors (Lipinski definition) is 10. The summed E-state index contributed by atoms with van der Waals surface area (Å²) in [4.78, 5) is 16.9. The molecule has 0 saturated carbocycles. The second-order valence-electron chi connectivity index (χ2n) is 4.51. The minimum Gasteiger partial charge on any atom is -0.354 e. The van der Waals surface area contributed by atoms with Gasteiger partial charge in [0.15, 0.2) is 4.34 Å². The summed E-state index contributed by atoms with van der Waals surface area (Å²) in [5.74, 6) is 1.18. The van der Waals surface area contributed by atoms with Crippen molar-refractivity contribution in [3.05, 3.63) is 0 Å². The second kappa shape index (κ2) is 6.85. The highest BCUT2D eigenvalue weighted by atomic mass is 32.2. The van der Waals surface area contributed by atoms with Gasteiger partial charge in [-0.2, -0.15) is 15.0 Å². The molecule has 0 aromatic carbocycles. The quantitative estimate of drug-likeness (QED) is 0.847. The molecule has 0 saturated heterocycles. The summed E-state index contributed by atoms with van der Waals surface area (Å²) >= 11 is 2.89. The van der Waals surface area contributed by atoms with Crippen LogP contribution in [0.4, 0.5) is 17.0 Å². The zero-order valence-electron chi connectivity index (χ0n) is 12.7. The van der Waals surface area contributed by atoms with Gasteiger partial charge in [0, 0.05) is 34.7 Å². The monoisotopic (exact) mass is 326 g/mol. The highest BCUT2D eigenvalue weighted by Gasteiger charge is 2.13. The van der Waals surface area contributed by atoms with Crippen LogP contribution in [0.2, 0.25) is 0 Å². The standard InChI is InChI=1S/C11H18N8S2/c1-6-12-7-13-8(18(2)3)15-9(14-7)20-11-17-16-10(21-11)19(4)5/h6H2,1-5H3,(H,12,13,14,15). The van der Waals surface area contributed by atoms with Crippen molar-refractivity contribution >= 4 is 40.1 Å². The zero-order chi connectivity index (χ0) is 15.4. The van der Waals surface area contributed by atoms with Crippen LogP contribution in [0.15, 0.2) is 9.50 Å². The van der Waals surface area contributed by atoms with Crippen molar-refractivity contribution in [3.63, 3.8) is 0 Å². The smallest absolute Gasteiger partial charge is 0.230 e. The van der Waals surface area contributed by atoms with Crippen molar-refractivity contribution in [1.29, 1.82) is 0 Å². The van der Waals surface area contributed by atoms with Crippen LogP contribution in [0.5, 0.6) is 0 Å². The fourth-order valence-electron chi connectivity index (χ4n) is 1.33. The summed E-state index contributed by atoms with van der Waals surface area (Å²) in [7, 11) is 7.67. The maximum absolute atomic E-state index is 4.42. The molecule has 8 nitrogen and oxygen atoms in total. The molecule has 0 bridgehead atoms. The van der Waals surface area contributed by atoms with Crippen LogP contribution in [-0.4, -0.2) is 59.9 Å². The molecule has 0 atom stereocenters. The summed E-state index contributed by atoms with van der Waals surface area (Å²) in [6, 6.07) is 0. The molecule has 0 aliphatic heterocycles. The number of anilines is 3. The van der Waals surface area contributed by atoms with Gasteiger partial charge in [-0.3, -0.25) is 0 Å². The van der Waals surface area contributed by atoms with E-state index in [0.717, 1.165) is 16.0 Å². The summed E-state index contributed by atoms with van der Waals surface area (Å²) in [6.45, 7) is 2.75. The van der Waals surface area contributed by atoms with Gasteiger partial charge in [0.05, 0.1) is 0 Å². The molecule has 0 aliphatic carbocycles. The summed E-state index contributed by atoms with van der Waals surface area (Å²) < 4.78 is 0.803. The molecule has 0 spiro atoms. The van der Waals surface area contributed by atoms with Crippen LogP contribution in [0, 0.1) is 0 Å². The fraction of sp³-hybridized carbons (Fsp3) is 0.545. The van der Waals surface area contributed by atoms with Crippen molar-refractivity contribution in [2.75, 3.05) is 49.9 Å². The number of rotatable bonds is 6. The van der Waals surface area contributed by atoms with E-state index in [1.165, 1.54) is 23.1 Å². The third-order valence-corrected chi connectivity index (χ3v) is 4.30. The van der Waals surface area contributed by atoms with E-state index in [-0.39, 0.29) is 0 Å². The zero-order valence-corrected chi connectivity index (χ0v) is 14.3. The molecule has 2 aromatic heterocycles. The Bertz CT molecular complexity index is 598. The van der Waals surface area contributed by atoms with E-state index in [0.29, 0.717) is 17.1 Å². The first-order valence-electron chi connectivity index (χ1n) is 6.35. The molecule has 0 fully saturated rings. The van der Waals surface area contributed by atoms with Crippen LogP contribution in [-0.2, 0) is 0 Å². The number of aromatic nitrogens is 5. The van der Waals surface area contributed by atoms with E-state index in [2.05, 4.69) is 30.5 Å². The highest BCUT2D eigenvalue weighted by Crippen LogP contribution is 2.31. The van der Waals surface area contributed by atoms with Crippen molar-refractivity contribution in [2.24, 2.45) is 0 Å². The van der Waals surface area contributed by atoms with Crippen molar-refractivity contribution in [2.45, 2.75) is 16.4 Å². The van der Waals surface area contributed by atoms with Crippen LogP contribution in [0.25, 0.3) is 0 Å². The normalized spacial score (nSPS) is 10.5. The van der Waals surface area contributed by atoms with Gasteiger partial charge in [0.1, 0.15) is 0 Å². The van der Waals surface area contributed by atoms with Crippen LogP contribution < -0.4 is 15.1 Å². The minimum absolute atomic E-state index is 0.566. The predicted molar refractivity (Wildman–Crippen MR) is 86.7 cm³/mol. The number of nitrogens with one attached hydrogen (secondary N) is 1. The van der Waals surface area contributed by atoms with Gasteiger partial charge < -0.3 is 15.1 Å². The molecule has 1 N–H and O–H groups in total. The Morgan fingerprint density at radius 2 is 1.81 bits per heavy atom. The lowest BCUT2D eigenvalue weighted by atomic mass is 10.7. The first kappa shape index (κ1) is 15.7. The molecule has 2 rings (SSSR count). The molecule has 10 heteroatoms. The van der Waals surface area contributed by atoms with E-state index < -0.39 is 0 Å². The first-order valence-corrected chi connectivity index (χ1v) is 7.99. The van der Waals surface area contributed by atoms with Crippen LogP contribution >= 0.6 is 23.1 Å². The fourth-order valence-corrected chi connectivity index (χ4v) is 2.94. The third kappa shape index (κ3) is 4.14. The van der Waals surface area contributed by atoms with Crippen LogP contribution in [0.3, 0.4) is 0 Å². The number of hydrogen-bond donors (Lipinski definition) is 1. The Balaban J connectivity index is 2.24. The van der Waals surface area contributed by atoms with Gasteiger partial charge in [-0.25, -0.2) is 0 Å². The Kier molecular flexibility index (Phi) is 5.12. The van der Waals surface area contributed by atoms with E-state index in [1.54, 1.807) is 0 Å². The topological polar surface area (TPSA) is 83.0 Å². The Morgan fingerprint density at radius 1 is 1.05 bits per heavy atom. The lowest BCUT2D eigenvalue weighted by Gasteiger charge is -2.12. The average Bonchev–Trinajstić information content (AvgIpc) is 2.87. The molecule has 114 valence electrons. The predicted octanol–water partition coefficient (Wildman–Crippen LogP) is 1.44.